The highest BCUT2D eigenvalue weighted by atomic mass is 16.5. The Hall–Kier alpha value is -1.22. The molecule has 2 rings (SSSR count). The minimum Gasteiger partial charge on any atom is -0.492 e. The van der Waals surface area contributed by atoms with Crippen LogP contribution in [-0.4, -0.2) is 26.2 Å². The highest BCUT2D eigenvalue weighted by Gasteiger charge is 2.11. The van der Waals surface area contributed by atoms with Crippen molar-refractivity contribution in [1.82, 2.24) is 5.32 Å². The molecule has 0 aliphatic carbocycles. The van der Waals surface area contributed by atoms with Crippen molar-refractivity contribution in [3.8, 4) is 5.75 Å². The Morgan fingerprint density at radius 1 is 1.38 bits per heavy atom. The van der Waals surface area contributed by atoms with E-state index in [2.05, 4.69) is 49.3 Å². The van der Waals surface area contributed by atoms with Crippen LogP contribution in [0, 0.1) is 0 Å². The van der Waals surface area contributed by atoms with Crippen molar-refractivity contribution < 1.29 is 4.74 Å². The normalized spacial score (nSPS) is 15.2. The predicted octanol–water partition coefficient (Wildman–Crippen LogP) is 2.01. The number of nitrogens with one attached hydrogen (secondary N) is 1. The van der Waals surface area contributed by atoms with Gasteiger partial charge in [-0.2, -0.15) is 0 Å². The summed E-state index contributed by atoms with van der Waals surface area (Å²) in [4.78, 5) is 2.25. The topological polar surface area (TPSA) is 24.5 Å². The Morgan fingerprint density at radius 3 is 2.94 bits per heavy atom. The van der Waals surface area contributed by atoms with Gasteiger partial charge in [-0.05, 0) is 19.9 Å². The fourth-order valence-corrected chi connectivity index (χ4v) is 1.80. The third-order valence-corrected chi connectivity index (χ3v) is 3.08. The lowest BCUT2D eigenvalue weighted by molar-refractivity contribution is 0.326. The maximum atomic E-state index is 5.73. The zero-order chi connectivity index (χ0) is 11.5. The molecular weight excluding hydrogens is 200 g/mol. The summed E-state index contributed by atoms with van der Waals surface area (Å²) in [6.07, 6.45) is 0. The highest BCUT2D eigenvalue weighted by Crippen LogP contribution is 2.27. The molecule has 3 nitrogen and oxygen atoms in total. The summed E-state index contributed by atoms with van der Waals surface area (Å²) in [6.45, 7) is 6.95. The molecule has 1 aromatic carbocycles. The summed E-state index contributed by atoms with van der Waals surface area (Å²) in [6, 6.07) is 6.96. The monoisotopic (exact) mass is 220 g/mol. The van der Waals surface area contributed by atoms with E-state index >= 15 is 0 Å². The molecule has 0 radical (unpaired) electrons. The number of anilines is 1. The number of ether oxygens (including phenoxy) is 1. The number of hydrogen-bond acceptors (Lipinski definition) is 3. The third kappa shape index (κ3) is 2.30. The number of nitrogens with zero attached hydrogens (tertiary/aromatic N) is 1. The van der Waals surface area contributed by atoms with Crippen molar-refractivity contribution in [3.05, 3.63) is 23.8 Å². The van der Waals surface area contributed by atoms with Crippen LogP contribution in [0.25, 0.3) is 0 Å². The van der Waals surface area contributed by atoms with Crippen LogP contribution in [0.4, 0.5) is 5.69 Å². The summed E-state index contributed by atoms with van der Waals surface area (Å²) < 4.78 is 5.73. The molecule has 1 heterocycles. The molecule has 88 valence electrons. The van der Waals surface area contributed by atoms with Gasteiger partial charge in [0.05, 0.1) is 0 Å². The van der Waals surface area contributed by atoms with Crippen molar-refractivity contribution in [3.63, 3.8) is 0 Å². The van der Waals surface area contributed by atoms with Crippen LogP contribution in [0.3, 0.4) is 0 Å². The van der Waals surface area contributed by atoms with Crippen LogP contribution in [0.1, 0.15) is 19.4 Å². The lowest BCUT2D eigenvalue weighted by atomic mass is 10.1. The first-order chi connectivity index (χ1) is 7.68. The lowest BCUT2D eigenvalue weighted by Crippen LogP contribution is -2.25. The van der Waals surface area contributed by atoms with E-state index in [1.807, 2.05) is 0 Å². The number of rotatable bonds is 2. The molecule has 0 amide bonds. The van der Waals surface area contributed by atoms with Gasteiger partial charge in [-0.3, -0.25) is 0 Å². The molecule has 1 aromatic rings. The SMILES string of the molecule is CC(C)N(C)c1ccc2c(c1)OCCNC2. The summed E-state index contributed by atoms with van der Waals surface area (Å²) in [5, 5.41) is 3.34. The molecule has 0 saturated heterocycles. The molecule has 0 bridgehead atoms. The van der Waals surface area contributed by atoms with Gasteiger partial charge in [0.15, 0.2) is 0 Å². The Balaban J connectivity index is 2.27. The molecule has 0 atom stereocenters. The number of hydrogen-bond donors (Lipinski definition) is 1. The average Bonchev–Trinajstić information content (AvgIpc) is 2.51. The standard InChI is InChI=1S/C13H20N2O/c1-10(2)15(3)12-5-4-11-9-14-6-7-16-13(11)8-12/h4-5,8,10,14H,6-7,9H2,1-3H3. The molecule has 16 heavy (non-hydrogen) atoms. The van der Waals surface area contributed by atoms with Crippen molar-refractivity contribution >= 4 is 5.69 Å². The van der Waals surface area contributed by atoms with Gasteiger partial charge in [-0.25, -0.2) is 0 Å². The minimum atomic E-state index is 0.502. The number of benzene rings is 1. The largest absolute Gasteiger partial charge is 0.492 e. The number of fused-ring (bicyclic) bond motifs is 1. The molecule has 1 aliphatic rings. The summed E-state index contributed by atoms with van der Waals surface area (Å²) in [5.41, 5.74) is 2.47. The quantitative estimate of drug-likeness (QED) is 0.825. The fourth-order valence-electron chi connectivity index (χ4n) is 1.80. The second kappa shape index (κ2) is 4.74. The Labute approximate surface area is 97.4 Å². The molecule has 1 N–H and O–H groups in total. The molecule has 0 fully saturated rings. The van der Waals surface area contributed by atoms with Crippen molar-refractivity contribution in [1.29, 1.82) is 0 Å². The second-order valence-corrected chi connectivity index (χ2v) is 4.52. The third-order valence-electron chi connectivity index (χ3n) is 3.08. The first-order valence-electron chi connectivity index (χ1n) is 5.88. The first-order valence-corrected chi connectivity index (χ1v) is 5.88. The van der Waals surface area contributed by atoms with Gasteiger partial charge in [0.2, 0.25) is 0 Å². The Morgan fingerprint density at radius 2 is 2.19 bits per heavy atom. The van der Waals surface area contributed by atoms with E-state index in [9.17, 15) is 0 Å². The van der Waals surface area contributed by atoms with Gasteiger partial charge in [-0.15, -0.1) is 0 Å². The van der Waals surface area contributed by atoms with Crippen LogP contribution in [-0.2, 0) is 6.54 Å². The Kier molecular flexibility index (Phi) is 3.34. The average molecular weight is 220 g/mol. The first kappa shape index (κ1) is 11.3. The van der Waals surface area contributed by atoms with Gasteiger partial charge in [0.25, 0.3) is 0 Å². The zero-order valence-corrected chi connectivity index (χ0v) is 10.3. The van der Waals surface area contributed by atoms with E-state index in [4.69, 9.17) is 4.74 Å². The molecule has 0 saturated carbocycles. The van der Waals surface area contributed by atoms with Crippen molar-refractivity contribution in [2.24, 2.45) is 0 Å². The molecule has 0 spiro atoms. The molecule has 0 unspecified atom stereocenters. The van der Waals surface area contributed by atoms with Gasteiger partial charge in [-0.1, -0.05) is 6.07 Å². The van der Waals surface area contributed by atoms with Crippen LogP contribution in [0.5, 0.6) is 5.75 Å². The van der Waals surface area contributed by atoms with Crippen LogP contribution in [0.15, 0.2) is 18.2 Å². The highest BCUT2D eigenvalue weighted by molar-refractivity contribution is 5.54. The van der Waals surface area contributed by atoms with E-state index in [0.717, 1.165) is 25.4 Å². The zero-order valence-electron chi connectivity index (χ0n) is 10.3. The maximum Gasteiger partial charge on any atom is 0.125 e. The predicted molar refractivity (Wildman–Crippen MR) is 67.2 cm³/mol. The minimum absolute atomic E-state index is 0.502. The van der Waals surface area contributed by atoms with Gasteiger partial charge in [0, 0.05) is 43.5 Å². The van der Waals surface area contributed by atoms with E-state index in [1.54, 1.807) is 0 Å². The molecule has 3 heteroatoms. The summed E-state index contributed by atoms with van der Waals surface area (Å²) in [5.74, 6) is 1.02. The van der Waals surface area contributed by atoms with Gasteiger partial charge in [0.1, 0.15) is 12.4 Å². The van der Waals surface area contributed by atoms with E-state index in [-0.39, 0.29) is 0 Å². The maximum absolute atomic E-state index is 5.73. The summed E-state index contributed by atoms with van der Waals surface area (Å²) in [7, 11) is 2.11. The molecular formula is C13H20N2O. The lowest BCUT2D eigenvalue weighted by Gasteiger charge is -2.24. The van der Waals surface area contributed by atoms with E-state index < -0.39 is 0 Å². The van der Waals surface area contributed by atoms with Crippen LogP contribution >= 0.6 is 0 Å². The van der Waals surface area contributed by atoms with Gasteiger partial charge < -0.3 is 15.0 Å². The smallest absolute Gasteiger partial charge is 0.125 e. The molecule has 0 aromatic heterocycles. The summed E-state index contributed by atoms with van der Waals surface area (Å²) >= 11 is 0. The van der Waals surface area contributed by atoms with Crippen molar-refractivity contribution in [2.45, 2.75) is 26.4 Å². The van der Waals surface area contributed by atoms with Crippen molar-refractivity contribution in [2.75, 3.05) is 25.1 Å². The van der Waals surface area contributed by atoms with E-state index in [0.29, 0.717) is 6.04 Å². The van der Waals surface area contributed by atoms with E-state index in [1.165, 1.54) is 11.3 Å². The Bertz CT molecular complexity index is 363. The van der Waals surface area contributed by atoms with Gasteiger partial charge >= 0.3 is 0 Å². The molecule has 1 aliphatic heterocycles. The second-order valence-electron chi connectivity index (χ2n) is 4.52. The van der Waals surface area contributed by atoms with Crippen LogP contribution < -0.4 is 15.0 Å². The van der Waals surface area contributed by atoms with Crippen LogP contribution in [0.2, 0.25) is 0 Å². The fraction of sp³-hybridized carbons (Fsp3) is 0.538.